The highest BCUT2D eigenvalue weighted by Crippen LogP contribution is 2.17. The summed E-state index contributed by atoms with van der Waals surface area (Å²) in [6.07, 6.45) is 6.62. The molecule has 0 radical (unpaired) electrons. The minimum Gasteiger partial charge on any atom is -0.366 e. The summed E-state index contributed by atoms with van der Waals surface area (Å²) in [4.78, 5) is 25.2. The summed E-state index contributed by atoms with van der Waals surface area (Å²) < 4.78 is 0. The van der Waals surface area contributed by atoms with Crippen molar-refractivity contribution in [2.24, 2.45) is 0 Å². The van der Waals surface area contributed by atoms with Gasteiger partial charge < -0.3 is 15.2 Å². The molecular formula is C14H19N5O. The number of H-pyrrole nitrogens is 1. The van der Waals surface area contributed by atoms with Crippen LogP contribution in [0, 0.1) is 0 Å². The lowest BCUT2D eigenvalue weighted by Gasteiger charge is -2.19. The van der Waals surface area contributed by atoms with Crippen LogP contribution in [0.1, 0.15) is 26.2 Å². The van der Waals surface area contributed by atoms with E-state index in [1.165, 1.54) is 0 Å². The zero-order chi connectivity index (χ0) is 13.9. The minimum atomic E-state index is 0.166. The molecule has 106 valence electrons. The van der Waals surface area contributed by atoms with Gasteiger partial charge in [0, 0.05) is 32.3 Å². The molecule has 2 aromatic rings. The van der Waals surface area contributed by atoms with Crippen LogP contribution in [0.4, 0.5) is 5.82 Å². The van der Waals surface area contributed by atoms with Gasteiger partial charge >= 0.3 is 0 Å². The molecule has 1 fully saturated rings. The van der Waals surface area contributed by atoms with Gasteiger partial charge in [-0.05, 0) is 25.3 Å². The lowest BCUT2D eigenvalue weighted by Crippen LogP contribution is -2.30. The Labute approximate surface area is 117 Å². The van der Waals surface area contributed by atoms with E-state index in [1.807, 2.05) is 17.2 Å². The Bertz CT molecular complexity index is 608. The maximum Gasteiger partial charge on any atom is 0.219 e. The molecule has 0 bridgehead atoms. The number of hydrogen-bond donors (Lipinski definition) is 2. The van der Waals surface area contributed by atoms with E-state index in [-0.39, 0.29) is 5.91 Å². The first kappa shape index (κ1) is 12.9. The number of nitrogens with zero attached hydrogens (tertiary/aromatic N) is 3. The van der Waals surface area contributed by atoms with Crippen molar-refractivity contribution in [1.82, 2.24) is 19.9 Å². The second-order valence-electron chi connectivity index (χ2n) is 5.24. The van der Waals surface area contributed by atoms with Crippen molar-refractivity contribution >= 4 is 22.9 Å². The van der Waals surface area contributed by atoms with Gasteiger partial charge in [0.15, 0.2) is 5.65 Å². The Balaban J connectivity index is 1.66. The van der Waals surface area contributed by atoms with E-state index < -0.39 is 0 Å². The quantitative estimate of drug-likeness (QED) is 0.874. The molecule has 1 unspecified atom stereocenters. The van der Waals surface area contributed by atoms with Crippen LogP contribution in [0.3, 0.4) is 0 Å². The van der Waals surface area contributed by atoms with Gasteiger partial charge in [-0.2, -0.15) is 0 Å². The number of aromatic nitrogens is 3. The van der Waals surface area contributed by atoms with Crippen LogP contribution in [-0.4, -0.2) is 44.9 Å². The first-order valence-corrected chi connectivity index (χ1v) is 7.04. The summed E-state index contributed by atoms with van der Waals surface area (Å²) >= 11 is 0. The van der Waals surface area contributed by atoms with E-state index in [9.17, 15) is 4.79 Å². The molecule has 0 spiro atoms. The van der Waals surface area contributed by atoms with Crippen LogP contribution in [0.25, 0.3) is 11.2 Å². The Morgan fingerprint density at radius 1 is 1.45 bits per heavy atom. The molecule has 0 aliphatic carbocycles. The van der Waals surface area contributed by atoms with Gasteiger partial charge in [0.25, 0.3) is 0 Å². The van der Waals surface area contributed by atoms with Gasteiger partial charge in [-0.3, -0.25) is 4.79 Å². The number of anilines is 1. The first-order valence-electron chi connectivity index (χ1n) is 7.04. The molecule has 2 N–H and O–H groups in total. The number of aromatic amines is 1. The van der Waals surface area contributed by atoms with Gasteiger partial charge in [-0.1, -0.05) is 0 Å². The van der Waals surface area contributed by atoms with E-state index in [4.69, 9.17) is 0 Å². The summed E-state index contributed by atoms with van der Waals surface area (Å²) in [5.74, 6) is 0.970. The maximum absolute atomic E-state index is 11.4. The molecule has 1 saturated heterocycles. The SMILES string of the molecule is CC(=O)N1CCCC(Nc2cnc3[nH]ccc3n2)CC1. The van der Waals surface area contributed by atoms with Crippen LogP contribution in [0.2, 0.25) is 0 Å². The summed E-state index contributed by atoms with van der Waals surface area (Å²) in [7, 11) is 0. The van der Waals surface area contributed by atoms with E-state index in [1.54, 1.807) is 13.1 Å². The molecular weight excluding hydrogens is 254 g/mol. The van der Waals surface area contributed by atoms with Crippen molar-refractivity contribution in [2.45, 2.75) is 32.2 Å². The van der Waals surface area contributed by atoms with Crippen LogP contribution in [-0.2, 0) is 4.79 Å². The van der Waals surface area contributed by atoms with Crippen molar-refractivity contribution < 1.29 is 4.79 Å². The van der Waals surface area contributed by atoms with Crippen molar-refractivity contribution in [3.8, 4) is 0 Å². The average Bonchev–Trinajstić information content (AvgIpc) is 2.76. The number of fused-ring (bicyclic) bond motifs is 1. The molecule has 20 heavy (non-hydrogen) atoms. The molecule has 2 aromatic heterocycles. The number of nitrogens with one attached hydrogen (secondary N) is 2. The highest BCUT2D eigenvalue weighted by atomic mass is 16.2. The molecule has 3 heterocycles. The summed E-state index contributed by atoms with van der Waals surface area (Å²) in [5, 5.41) is 3.44. The second kappa shape index (κ2) is 5.48. The van der Waals surface area contributed by atoms with Gasteiger partial charge in [0.1, 0.15) is 11.3 Å². The molecule has 1 atom stereocenters. The molecule has 0 aromatic carbocycles. The number of carbonyl (C=O) groups is 1. The van der Waals surface area contributed by atoms with Crippen LogP contribution in [0.15, 0.2) is 18.5 Å². The smallest absolute Gasteiger partial charge is 0.219 e. The third-order valence-corrected chi connectivity index (χ3v) is 3.79. The largest absolute Gasteiger partial charge is 0.366 e. The third kappa shape index (κ3) is 2.74. The topological polar surface area (TPSA) is 73.9 Å². The Hall–Kier alpha value is -2.11. The van der Waals surface area contributed by atoms with Crippen molar-refractivity contribution in [2.75, 3.05) is 18.4 Å². The molecule has 6 heteroatoms. The van der Waals surface area contributed by atoms with Crippen LogP contribution >= 0.6 is 0 Å². The zero-order valence-electron chi connectivity index (χ0n) is 11.6. The Morgan fingerprint density at radius 2 is 2.35 bits per heavy atom. The Kier molecular flexibility index (Phi) is 3.54. The highest BCUT2D eigenvalue weighted by molar-refractivity contribution is 5.73. The fourth-order valence-electron chi connectivity index (χ4n) is 2.66. The highest BCUT2D eigenvalue weighted by Gasteiger charge is 2.18. The molecule has 6 nitrogen and oxygen atoms in total. The molecule has 3 rings (SSSR count). The number of amides is 1. The standard InChI is InChI=1S/C14H19N5O/c1-10(20)19-7-2-3-11(5-8-19)17-13-9-16-14-12(18-13)4-6-15-14/h4,6,9,11H,2-3,5,7-8H2,1H3,(H,15,16)(H,17,18). The van der Waals surface area contributed by atoms with Crippen molar-refractivity contribution in [3.63, 3.8) is 0 Å². The van der Waals surface area contributed by atoms with Crippen molar-refractivity contribution in [1.29, 1.82) is 0 Å². The molecule has 1 aliphatic rings. The predicted molar refractivity (Wildman–Crippen MR) is 77.4 cm³/mol. The van der Waals surface area contributed by atoms with Crippen molar-refractivity contribution in [3.05, 3.63) is 18.5 Å². The van der Waals surface area contributed by atoms with Gasteiger partial charge in [-0.15, -0.1) is 0 Å². The maximum atomic E-state index is 11.4. The first-order chi connectivity index (χ1) is 9.72. The van der Waals surface area contributed by atoms with E-state index in [0.29, 0.717) is 6.04 Å². The van der Waals surface area contributed by atoms with Gasteiger partial charge in [0.2, 0.25) is 5.91 Å². The van der Waals surface area contributed by atoms with E-state index in [2.05, 4.69) is 20.3 Å². The van der Waals surface area contributed by atoms with Crippen LogP contribution < -0.4 is 5.32 Å². The lowest BCUT2D eigenvalue weighted by atomic mass is 10.1. The number of rotatable bonds is 2. The number of hydrogen-bond acceptors (Lipinski definition) is 4. The zero-order valence-corrected chi connectivity index (χ0v) is 11.6. The molecule has 1 amide bonds. The summed E-state index contributed by atoms with van der Waals surface area (Å²) in [5.41, 5.74) is 1.67. The van der Waals surface area contributed by atoms with E-state index >= 15 is 0 Å². The Morgan fingerprint density at radius 3 is 3.20 bits per heavy atom. The van der Waals surface area contributed by atoms with Gasteiger partial charge in [-0.25, -0.2) is 9.97 Å². The average molecular weight is 273 g/mol. The summed E-state index contributed by atoms with van der Waals surface area (Å²) in [6, 6.07) is 2.27. The molecule has 0 saturated carbocycles. The van der Waals surface area contributed by atoms with Crippen LogP contribution in [0.5, 0.6) is 0 Å². The summed E-state index contributed by atoms with van der Waals surface area (Å²) in [6.45, 7) is 3.31. The van der Waals surface area contributed by atoms with E-state index in [0.717, 1.165) is 49.3 Å². The fourth-order valence-corrected chi connectivity index (χ4v) is 2.66. The fraction of sp³-hybridized carbons (Fsp3) is 0.500. The van der Waals surface area contributed by atoms with Gasteiger partial charge in [0.05, 0.1) is 6.20 Å². The normalized spacial score (nSPS) is 19.9. The lowest BCUT2D eigenvalue weighted by molar-refractivity contribution is -0.128. The second-order valence-corrected chi connectivity index (χ2v) is 5.24. The minimum absolute atomic E-state index is 0.166. The predicted octanol–water partition coefficient (Wildman–Crippen LogP) is 1.77. The number of carbonyl (C=O) groups excluding carboxylic acids is 1. The third-order valence-electron chi connectivity index (χ3n) is 3.79. The molecule has 1 aliphatic heterocycles. The number of likely N-dealkylation sites (tertiary alicyclic amines) is 1. The monoisotopic (exact) mass is 273 g/mol.